The van der Waals surface area contributed by atoms with E-state index in [9.17, 15) is 14.7 Å². The number of benzene rings is 2. The Morgan fingerprint density at radius 3 is 2.08 bits per heavy atom. The normalized spacial score (nSPS) is 13.8. The maximum absolute atomic E-state index is 12.1. The van der Waals surface area contributed by atoms with Crippen LogP contribution in [0.4, 0.5) is 4.79 Å². The van der Waals surface area contributed by atoms with Crippen LogP contribution in [0.2, 0.25) is 0 Å². The van der Waals surface area contributed by atoms with Gasteiger partial charge in [-0.2, -0.15) is 0 Å². The van der Waals surface area contributed by atoms with E-state index in [1.165, 1.54) is 14.0 Å². The number of amides is 1. The van der Waals surface area contributed by atoms with Gasteiger partial charge in [0, 0.05) is 13.0 Å². The number of fused-ring (bicyclic) bond motifs is 3. The van der Waals surface area contributed by atoms with Gasteiger partial charge in [0.1, 0.15) is 6.61 Å². The van der Waals surface area contributed by atoms with Crippen molar-refractivity contribution in [3.8, 4) is 11.1 Å². The molecule has 0 unspecified atom stereocenters. The molecule has 0 N–H and O–H groups in total. The highest BCUT2D eigenvalue weighted by molar-refractivity contribution is 5.80. The number of aliphatic carboxylic acids is 1. The molecule has 3 rings (SSSR count). The van der Waals surface area contributed by atoms with Crippen molar-refractivity contribution in [3.05, 3.63) is 59.7 Å². The Kier molecular flexibility index (Phi) is 4.25. The van der Waals surface area contributed by atoms with Crippen LogP contribution in [-0.2, 0) is 9.53 Å². The molecule has 2 aromatic rings. The smallest absolute Gasteiger partial charge is 0.410 e. The monoisotopic (exact) mass is 324 g/mol. The Morgan fingerprint density at radius 2 is 1.58 bits per heavy atom. The van der Waals surface area contributed by atoms with Crippen LogP contribution in [0.25, 0.3) is 11.1 Å². The molecule has 0 saturated carbocycles. The number of likely N-dealkylation sites (N-methyl/N-ethyl adjacent to an activating group) is 1. The van der Waals surface area contributed by atoms with Gasteiger partial charge in [0.05, 0.1) is 12.0 Å². The fourth-order valence-corrected chi connectivity index (χ4v) is 3.01. The average molecular weight is 324 g/mol. The number of hydrogen-bond donors (Lipinski definition) is 0. The van der Waals surface area contributed by atoms with E-state index in [4.69, 9.17) is 4.74 Å². The number of hydrogen-bond acceptors (Lipinski definition) is 4. The summed E-state index contributed by atoms with van der Waals surface area (Å²) in [5.41, 5.74) is 4.51. The van der Waals surface area contributed by atoms with Crippen LogP contribution in [0.3, 0.4) is 0 Å². The first-order valence-electron chi connectivity index (χ1n) is 7.79. The molecule has 1 aliphatic carbocycles. The third-order valence-corrected chi connectivity index (χ3v) is 4.55. The summed E-state index contributed by atoms with van der Waals surface area (Å²) in [4.78, 5) is 24.0. The zero-order valence-corrected chi connectivity index (χ0v) is 13.6. The molecule has 0 spiro atoms. The second-order valence-electron chi connectivity index (χ2n) is 5.91. The van der Waals surface area contributed by atoms with Crippen LogP contribution >= 0.6 is 0 Å². The third kappa shape index (κ3) is 2.73. The highest BCUT2D eigenvalue weighted by atomic mass is 16.6. The summed E-state index contributed by atoms with van der Waals surface area (Å²) in [6.45, 7) is 1.55. The van der Waals surface area contributed by atoms with Crippen molar-refractivity contribution in [2.24, 2.45) is 0 Å². The van der Waals surface area contributed by atoms with Gasteiger partial charge in [0.15, 0.2) is 0 Å². The highest BCUT2D eigenvalue weighted by Gasteiger charge is 2.29. The number of nitrogens with zero attached hydrogens (tertiary/aromatic N) is 1. The molecule has 5 heteroatoms. The second kappa shape index (κ2) is 6.35. The molecule has 0 aromatic heterocycles. The number of carbonyl (C=O) groups excluding carboxylic acids is 2. The minimum Gasteiger partial charge on any atom is -0.548 e. The fraction of sp³-hybridized carbons (Fsp3) is 0.263. The summed E-state index contributed by atoms with van der Waals surface area (Å²) >= 11 is 0. The maximum Gasteiger partial charge on any atom is 0.410 e. The lowest BCUT2D eigenvalue weighted by molar-refractivity contribution is -0.310. The molecular formula is C19H18NO4-. The summed E-state index contributed by atoms with van der Waals surface area (Å²) < 4.78 is 5.37. The quantitative estimate of drug-likeness (QED) is 0.862. The van der Waals surface area contributed by atoms with Crippen molar-refractivity contribution in [2.45, 2.75) is 18.9 Å². The zero-order chi connectivity index (χ0) is 17.3. The van der Waals surface area contributed by atoms with Crippen molar-refractivity contribution >= 4 is 12.1 Å². The summed E-state index contributed by atoms with van der Waals surface area (Å²) in [5, 5.41) is 10.9. The molecular weight excluding hydrogens is 306 g/mol. The molecule has 124 valence electrons. The largest absolute Gasteiger partial charge is 0.548 e. The molecule has 1 amide bonds. The van der Waals surface area contributed by atoms with Crippen molar-refractivity contribution in [1.29, 1.82) is 0 Å². The third-order valence-electron chi connectivity index (χ3n) is 4.55. The van der Waals surface area contributed by atoms with Gasteiger partial charge < -0.3 is 19.5 Å². The molecule has 0 aliphatic heterocycles. The van der Waals surface area contributed by atoms with E-state index < -0.39 is 18.1 Å². The second-order valence-corrected chi connectivity index (χ2v) is 5.91. The van der Waals surface area contributed by atoms with Crippen molar-refractivity contribution in [1.82, 2.24) is 4.90 Å². The summed E-state index contributed by atoms with van der Waals surface area (Å²) in [6, 6.07) is 15.0. The number of carbonyl (C=O) groups is 2. The lowest BCUT2D eigenvalue weighted by atomic mass is 9.98. The first kappa shape index (κ1) is 16.1. The van der Waals surface area contributed by atoms with E-state index >= 15 is 0 Å². The molecule has 1 atom stereocenters. The lowest BCUT2D eigenvalue weighted by Crippen LogP contribution is -2.47. The van der Waals surface area contributed by atoms with Gasteiger partial charge in [0.2, 0.25) is 0 Å². The van der Waals surface area contributed by atoms with Gasteiger partial charge >= 0.3 is 6.09 Å². The molecule has 24 heavy (non-hydrogen) atoms. The Morgan fingerprint density at radius 1 is 1.08 bits per heavy atom. The van der Waals surface area contributed by atoms with E-state index in [-0.39, 0.29) is 12.5 Å². The van der Waals surface area contributed by atoms with Gasteiger partial charge in [-0.3, -0.25) is 0 Å². The first-order chi connectivity index (χ1) is 11.5. The standard InChI is InChI=1S/C19H19NO4/c1-12(18(21)22)20(2)19(23)24-11-17-15-9-5-3-7-13(15)14-8-4-6-10-16(14)17/h3-10,12,17H,11H2,1-2H3,(H,21,22)/p-1/t12-/m0/s1. The van der Waals surface area contributed by atoms with Gasteiger partial charge in [-0.05, 0) is 29.2 Å². The lowest BCUT2D eigenvalue weighted by Gasteiger charge is -2.25. The van der Waals surface area contributed by atoms with Gasteiger partial charge in [-0.1, -0.05) is 48.5 Å². The minimum atomic E-state index is -1.31. The van der Waals surface area contributed by atoms with Gasteiger partial charge in [-0.15, -0.1) is 0 Å². The highest BCUT2D eigenvalue weighted by Crippen LogP contribution is 2.44. The number of carboxylic acid groups (broad SMARTS) is 1. The SMILES string of the molecule is C[C@@H](C(=O)[O-])N(C)C(=O)OCC1c2ccccc2-c2ccccc21. The Hall–Kier alpha value is -2.82. The van der Waals surface area contributed by atoms with Crippen LogP contribution < -0.4 is 5.11 Å². The molecule has 1 aliphatic rings. The molecule has 0 bridgehead atoms. The van der Waals surface area contributed by atoms with Crippen LogP contribution in [0.15, 0.2) is 48.5 Å². The molecule has 0 saturated heterocycles. The van der Waals surface area contributed by atoms with Crippen LogP contribution in [-0.4, -0.2) is 36.7 Å². The first-order valence-corrected chi connectivity index (χ1v) is 7.79. The molecule has 5 nitrogen and oxygen atoms in total. The van der Waals surface area contributed by atoms with Crippen molar-refractivity contribution in [2.75, 3.05) is 13.7 Å². The van der Waals surface area contributed by atoms with Crippen LogP contribution in [0.1, 0.15) is 24.0 Å². The van der Waals surface area contributed by atoms with E-state index in [1.807, 2.05) is 36.4 Å². The summed E-state index contributed by atoms with van der Waals surface area (Å²) in [5.74, 6) is -1.36. The Bertz CT molecular complexity index is 741. The van der Waals surface area contributed by atoms with E-state index in [2.05, 4.69) is 12.1 Å². The average Bonchev–Trinajstić information content (AvgIpc) is 2.92. The number of rotatable bonds is 4. The maximum atomic E-state index is 12.1. The van der Waals surface area contributed by atoms with Gasteiger partial charge in [-0.25, -0.2) is 4.79 Å². The van der Waals surface area contributed by atoms with Crippen molar-refractivity contribution in [3.63, 3.8) is 0 Å². The number of carboxylic acids is 1. The van der Waals surface area contributed by atoms with Crippen molar-refractivity contribution < 1.29 is 19.4 Å². The fourth-order valence-electron chi connectivity index (χ4n) is 3.01. The Labute approximate surface area is 140 Å². The summed E-state index contributed by atoms with van der Waals surface area (Å²) in [6.07, 6.45) is -0.673. The van der Waals surface area contributed by atoms with Crippen LogP contribution in [0, 0.1) is 0 Å². The zero-order valence-electron chi connectivity index (χ0n) is 13.6. The predicted octanol–water partition coefficient (Wildman–Crippen LogP) is 2.01. The summed E-state index contributed by atoms with van der Waals surface area (Å²) in [7, 11) is 1.39. The Balaban J connectivity index is 1.79. The molecule has 2 aromatic carbocycles. The van der Waals surface area contributed by atoms with Gasteiger partial charge in [0.25, 0.3) is 0 Å². The van der Waals surface area contributed by atoms with E-state index in [1.54, 1.807) is 0 Å². The topological polar surface area (TPSA) is 69.7 Å². The minimum absolute atomic E-state index is 0.0481. The molecule has 0 fully saturated rings. The van der Waals surface area contributed by atoms with E-state index in [0.717, 1.165) is 27.2 Å². The van der Waals surface area contributed by atoms with Crippen LogP contribution in [0.5, 0.6) is 0 Å². The molecule has 0 radical (unpaired) electrons. The van der Waals surface area contributed by atoms with E-state index in [0.29, 0.717) is 0 Å². The number of ether oxygens (including phenoxy) is 1. The molecule has 0 heterocycles. The predicted molar refractivity (Wildman–Crippen MR) is 87.3 cm³/mol.